The maximum Gasteiger partial charge on any atom is 0.267 e. The minimum atomic E-state index is -0.257. The van der Waals surface area contributed by atoms with Crippen molar-refractivity contribution in [1.29, 1.82) is 0 Å². The van der Waals surface area contributed by atoms with E-state index in [1.807, 2.05) is 0 Å². The second kappa shape index (κ2) is 5.98. The Bertz CT molecular complexity index is 667. The zero-order chi connectivity index (χ0) is 14.7. The third-order valence-electron chi connectivity index (χ3n) is 2.70. The smallest absolute Gasteiger partial charge is 0.267 e. The van der Waals surface area contributed by atoms with Crippen LogP contribution in [0.1, 0.15) is 20.9 Å². The zero-order valence-corrected chi connectivity index (χ0v) is 12.6. The maximum atomic E-state index is 12.3. The Morgan fingerprint density at radius 1 is 1.50 bits per heavy atom. The van der Waals surface area contributed by atoms with Crippen LogP contribution in [-0.2, 0) is 0 Å². The van der Waals surface area contributed by atoms with Gasteiger partial charge in [0.1, 0.15) is 15.6 Å². The number of nitrogens with zero attached hydrogens (tertiary/aromatic N) is 1. The summed E-state index contributed by atoms with van der Waals surface area (Å²) < 4.78 is 5.24. The van der Waals surface area contributed by atoms with E-state index in [4.69, 9.17) is 22.7 Å². The number of amides is 1. The second-order valence-corrected chi connectivity index (χ2v) is 5.26. The van der Waals surface area contributed by atoms with Gasteiger partial charge in [0.2, 0.25) is 0 Å². The molecule has 0 atom stereocenters. The highest BCUT2D eigenvalue weighted by atomic mass is 32.1. The first kappa shape index (κ1) is 14.4. The summed E-state index contributed by atoms with van der Waals surface area (Å²) in [7, 11) is 1.52. The summed E-state index contributed by atoms with van der Waals surface area (Å²) in [6.07, 6.45) is 0. The Morgan fingerprint density at radius 2 is 2.25 bits per heavy atom. The van der Waals surface area contributed by atoms with Crippen LogP contribution in [0.15, 0.2) is 23.7 Å². The number of benzene rings is 1. The number of rotatable bonds is 4. The van der Waals surface area contributed by atoms with Crippen LogP contribution >= 0.6 is 23.6 Å². The molecule has 20 heavy (non-hydrogen) atoms. The molecule has 1 aromatic carbocycles. The third kappa shape index (κ3) is 2.78. The molecule has 7 heteroatoms. The van der Waals surface area contributed by atoms with Crippen LogP contribution in [0.2, 0.25) is 0 Å². The molecule has 0 aliphatic rings. The van der Waals surface area contributed by atoms with Gasteiger partial charge in [0.25, 0.3) is 5.91 Å². The highest BCUT2D eigenvalue weighted by Gasteiger charge is 2.17. The number of anilines is 1. The lowest BCUT2D eigenvalue weighted by atomic mass is 10.1. The molecule has 1 heterocycles. The van der Waals surface area contributed by atoms with E-state index < -0.39 is 0 Å². The highest BCUT2D eigenvalue weighted by molar-refractivity contribution is 7.80. The molecule has 104 valence electrons. The average Bonchev–Trinajstić information content (AvgIpc) is 2.85. The summed E-state index contributed by atoms with van der Waals surface area (Å²) in [5.41, 5.74) is 9.02. The quantitative estimate of drug-likeness (QED) is 0.848. The molecule has 0 saturated carbocycles. The van der Waals surface area contributed by atoms with E-state index in [9.17, 15) is 4.79 Å². The van der Waals surface area contributed by atoms with Gasteiger partial charge in [-0.2, -0.15) is 0 Å². The number of hydrogen-bond donors (Lipinski definition) is 2. The van der Waals surface area contributed by atoms with Crippen LogP contribution in [0.4, 0.5) is 5.69 Å². The number of thiocarbonyl (C=S) groups is 1. The van der Waals surface area contributed by atoms with E-state index in [0.29, 0.717) is 27.6 Å². The molecule has 2 aromatic rings. The SMILES string of the molecule is COc1cccc(C(N)=S)c1NC(=O)c1scnc1C. The minimum absolute atomic E-state index is 0.195. The molecule has 0 aliphatic carbocycles. The number of carbonyl (C=O) groups excluding carboxylic acids is 1. The van der Waals surface area contributed by atoms with Crippen LogP contribution < -0.4 is 15.8 Å². The van der Waals surface area contributed by atoms with Crippen LogP contribution in [0, 0.1) is 6.92 Å². The molecule has 0 saturated heterocycles. The molecular weight excluding hydrogens is 294 g/mol. The Hall–Kier alpha value is -1.99. The van der Waals surface area contributed by atoms with Crippen molar-refractivity contribution < 1.29 is 9.53 Å². The number of hydrogen-bond acceptors (Lipinski definition) is 5. The van der Waals surface area contributed by atoms with Crippen molar-refractivity contribution in [3.8, 4) is 5.75 Å². The van der Waals surface area contributed by atoms with Gasteiger partial charge in [-0.25, -0.2) is 4.98 Å². The Balaban J connectivity index is 2.40. The van der Waals surface area contributed by atoms with Gasteiger partial charge in [-0.15, -0.1) is 11.3 Å². The molecule has 5 nitrogen and oxygen atoms in total. The lowest BCUT2D eigenvalue weighted by Gasteiger charge is -2.13. The summed E-state index contributed by atoms with van der Waals surface area (Å²) in [6.45, 7) is 1.78. The van der Waals surface area contributed by atoms with E-state index in [-0.39, 0.29) is 10.9 Å². The van der Waals surface area contributed by atoms with Gasteiger partial charge in [-0.05, 0) is 19.1 Å². The fourth-order valence-corrected chi connectivity index (χ4v) is 2.59. The molecule has 0 fully saturated rings. The number of carbonyl (C=O) groups is 1. The topological polar surface area (TPSA) is 77.2 Å². The first-order valence-corrected chi connectivity index (χ1v) is 7.01. The summed E-state index contributed by atoms with van der Waals surface area (Å²) in [5, 5.41) is 2.79. The van der Waals surface area contributed by atoms with Crippen molar-refractivity contribution in [3.63, 3.8) is 0 Å². The molecule has 0 aliphatic heterocycles. The van der Waals surface area contributed by atoms with Crippen molar-refractivity contribution in [2.24, 2.45) is 5.73 Å². The number of thiazole rings is 1. The number of nitrogens with two attached hydrogens (primary N) is 1. The summed E-state index contributed by atoms with van der Waals surface area (Å²) in [5.74, 6) is 0.248. The van der Waals surface area contributed by atoms with Crippen LogP contribution in [0.25, 0.3) is 0 Å². The monoisotopic (exact) mass is 307 g/mol. The Labute approximate surface area is 125 Å². The van der Waals surface area contributed by atoms with E-state index in [1.54, 1.807) is 30.6 Å². The lowest BCUT2D eigenvalue weighted by molar-refractivity contribution is 0.102. The van der Waals surface area contributed by atoms with E-state index in [2.05, 4.69) is 10.3 Å². The summed E-state index contributed by atoms with van der Waals surface area (Å²) in [6, 6.07) is 5.23. The van der Waals surface area contributed by atoms with Crippen molar-refractivity contribution >= 4 is 40.1 Å². The highest BCUT2D eigenvalue weighted by Crippen LogP contribution is 2.29. The number of aryl methyl sites for hydroxylation is 1. The number of ether oxygens (including phenoxy) is 1. The van der Waals surface area contributed by atoms with E-state index in [1.165, 1.54) is 18.4 Å². The van der Waals surface area contributed by atoms with Crippen molar-refractivity contribution in [3.05, 3.63) is 39.8 Å². The first-order valence-electron chi connectivity index (χ1n) is 5.72. The van der Waals surface area contributed by atoms with Gasteiger partial charge < -0.3 is 15.8 Å². The van der Waals surface area contributed by atoms with Crippen molar-refractivity contribution in [2.45, 2.75) is 6.92 Å². The van der Waals surface area contributed by atoms with Gasteiger partial charge in [0.05, 0.1) is 24.0 Å². The number of para-hydroxylation sites is 1. The predicted molar refractivity (Wildman–Crippen MR) is 83.7 cm³/mol. The van der Waals surface area contributed by atoms with Gasteiger partial charge in [-0.1, -0.05) is 18.3 Å². The first-order chi connectivity index (χ1) is 9.54. The molecule has 0 bridgehead atoms. The summed E-state index contributed by atoms with van der Waals surface area (Å²) in [4.78, 5) is 17.1. The fraction of sp³-hybridized carbons (Fsp3) is 0.154. The molecule has 1 amide bonds. The molecule has 2 rings (SSSR count). The van der Waals surface area contributed by atoms with Crippen LogP contribution in [0.3, 0.4) is 0 Å². The molecule has 0 spiro atoms. The zero-order valence-electron chi connectivity index (χ0n) is 11.0. The summed E-state index contributed by atoms with van der Waals surface area (Å²) >= 11 is 6.27. The molecule has 1 aromatic heterocycles. The normalized spacial score (nSPS) is 10.1. The number of nitrogens with one attached hydrogen (secondary N) is 1. The van der Waals surface area contributed by atoms with Crippen molar-refractivity contribution in [1.82, 2.24) is 4.98 Å². The fourth-order valence-electron chi connectivity index (χ4n) is 1.73. The predicted octanol–water partition coefficient (Wildman–Crippen LogP) is 2.35. The number of aromatic nitrogens is 1. The average molecular weight is 307 g/mol. The maximum absolute atomic E-state index is 12.3. The molecule has 0 unspecified atom stereocenters. The largest absolute Gasteiger partial charge is 0.495 e. The third-order valence-corrected chi connectivity index (χ3v) is 3.85. The molecule has 3 N–H and O–H groups in total. The van der Waals surface area contributed by atoms with E-state index >= 15 is 0 Å². The Morgan fingerprint density at radius 3 is 2.80 bits per heavy atom. The number of methoxy groups -OCH3 is 1. The van der Waals surface area contributed by atoms with Crippen molar-refractivity contribution in [2.75, 3.05) is 12.4 Å². The van der Waals surface area contributed by atoms with E-state index in [0.717, 1.165) is 0 Å². The second-order valence-electron chi connectivity index (χ2n) is 3.97. The molecular formula is C13H13N3O2S2. The van der Waals surface area contributed by atoms with Gasteiger partial charge in [0.15, 0.2) is 0 Å². The van der Waals surface area contributed by atoms with Gasteiger partial charge in [-0.3, -0.25) is 4.79 Å². The van der Waals surface area contributed by atoms with Gasteiger partial charge in [0, 0.05) is 5.56 Å². The van der Waals surface area contributed by atoms with Gasteiger partial charge >= 0.3 is 0 Å². The van der Waals surface area contributed by atoms with Crippen LogP contribution in [0.5, 0.6) is 5.75 Å². The van der Waals surface area contributed by atoms with Crippen LogP contribution in [-0.4, -0.2) is 23.0 Å². The lowest BCUT2D eigenvalue weighted by Crippen LogP contribution is -2.18. The minimum Gasteiger partial charge on any atom is -0.495 e. The molecule has 0 radical (unpaired) electrons. The Kier molecular flexibility index (Phi) is 4.31. The standard InChI is InChI=1S/C13H13N3O2S2/c1-7-11(20-6-15-7)13(17)16-10-8(12(14)19)4-3-5-9(10)18-2/h3-6H,1-2H3,(H2,14,19)(H,16,17).